The van der Waals surface area contributed by atoms with Gasteiger partial charge in [-0.1, -0.05) is 12.1 Å². The Bertz CT molecular complexity index is 991. The molecule has 0 bridgehead atoms. The van der Waals surface area contributed by atoms with Crippen molar-refractivity contribution in [2.75, 3.05) is 30.9 Å². The summed E-state index contributed by atoms with van der Waals surface area (Å²) in [4.78, 5) is 25.8. The van der Waals surface area contributed by atoms with E-state index in [9.17, 15) is 9.59 Å². The second kappa shape index (κ2) is 7.31. The van der Waals surface area contributed by atoms with E-state index in [1.807, 2.05) is 43.3 Å². The van der Waals surface area contributed by atoms with Crippen molar-refractivity contribution >= 4 is 28.4 Å². The van der Waals surface area contributed by atoms with Gasteiger partial charge >= 0.3 is 11.7 Å². The molecular formula is C20H20N2O4. The van der Waals surface area contributed by atoms with Crippen molar-refractivity contribution in [3.63, 3.8) is 0 Å². The van der Waals surface area contributed by atoms with Gasteiger partial charge in [-0.15, -0.1) is 0 Å². The molecule has 0 aliphatic carbocycles. The molecule has 26 heavy (non-hydrogen) atoms. The maximum atomic E-state index is 12.4. The molecule has 0 saturated carbocycles. The first-order valence-corrected chi connectivity index (χ1v) is 8.27. The maximum absolute atomic E-state index is 12.4. The smallest absolute Gasteiger partial charge is 0.411 e. The van der Waals surface area contributed by atoms with Crippen LogP contribution in [0.3, 0.4) is 0 Å². The molecule has 0 aliphatic rings. The van der Waals surface area contributed by atoms with Gasteiger partial charge < -0.3 is 14.1 Å². The highest BCUT2D eigenvalue weighted by Gasteiger charge is 2.10. The number of hydrogen-bond donors (Lipinski definition) is 1. The monoisotopic (exact) mass is 352 g/mol. The number of amides is 1. The van der Waals surface area contributed by atoms with E-state index in [0.29, 0.717) is 29.0 Å². The Kier molecular flexibility index (Phi) is 4.93. The Morgan fingerprint density at radius 1 is 1.12 bits per heavy atom. The fourth-order valence-corrected chi connectivity index (χ4v) is 2.60. The third-order valence-corrected chi connectivity index (χ3v) is 3.95. The second-order valence-electron chi connectivity index (χ2n) is 5.99. The van der Waals surface area contributed by atoms with Gasteiger partial charge in [0.1, 0.15) is 5.58 Å². The molecule has 0 saturated heterocycles. The maximum Gasteiger partial charge on any atom is 0.411 e. The van der Waals surface area contributed by atoms with E-state index in [2.05, 4.69) is 5.32 Å². The van der Waals surface area contributed by atoms with Gasteiger partial charge in [0.15, 0.2) is 0 Å². The molecule has 1 aromatic heterocycles. The van der Waals surface area contributed by atoms with Crippen LogP contribution < -0.4 is 15.8 Å². The van der Waals surface area contributed by atoms with E-state index in [4.69, 9.17) is 9.15 Å². The van der Waals surface area contributed by atoms with Gasteiger partial charge in [0.05, 0.1) is 12.2 Å². The molecule has 134 valence electrons. The molecule has 1 N–H and O–H groups in total. The number of fused-ring (bicyclic) bond motifs is 1. The molecule has 0 radical (unpaired) electrons. The van der Waals surface area contributed by atoms with Crippen molar-refractivity contribution in [2.45, 2.75) is 6.92 Å². The summed E-state index contributed by atoms with van der Waals surface area (Å²) >= 11 is 0. The Morgan fingerprint density at radius 3 is 2.50 bits per heavy atom. The lowest BCUT2D eigenvalue weighted by Gasteiger charge is -2.12. The Hall–Kier alpha value is -3.28. The molecule has 2 aromatic carbocycles. The lowest BCUT2D eigenvalue weighted by atomic mass is 10.1. The molecular weight excluding hydrogens is 332 g/mol. The van der Waals surface area contributed by atoms with Crippen LogP contribution in [-0.4, -0.2) is 26.8 Å². The van der Waals surface area contributed by atoms with Crippen LogP contribution in [0.25, 0.3) is 22.1 Å². The SMILES string of the molecule is CCOC(=O)Nc1ccc(-c2cc3ccc(N(C)C)cc3oc2=O)cc1. The third kappa shape index (κ3) is 3.69. The fraction of sp³-hybridized carbons (Fsp3) is 0.200. The van der Waals surface area contributed by atoms with Crippen molar-refractivity contribution < 1.29 is 13.9 Å². The first-order valence-electron chi connectivity index (χ1n) is 8.27. The summed E-state index contributed by atoms with van der Waals surface area (Å²) in [6, 6.07) is 14.5. The molecule has 1 amide bonds. The van der Waals surface area contributed by atoms with Crippen molar-refractivity contribution in [1.29, 1.82) is 0 Å². The summed E-state index contributed by atoms with van der Waals surface area (Å²) in [6.45, 7) is 2.04. The lowest BCUT2D eigenvalue weighted by molar-refractivity contribution is 0.168. The average molecular weight is 352 g/mol. The van der Waals surface area contributed by atoms with Crippen LogP contribution in [0.15, 0.2) is 57.7 Å². The quantitative estimate of drug-likeness (QED) is 0.716. The van der Waals surface area contributed by atoms with Gasteiger partial charge in [-0.25, -0.2) is 9.59 Å². The van der Waals surface area contributed by atoms with Crippen LogP contribution in [0.2, 0.25) is 0 Å². The molecule has 3 aromatic rings. The Labute approximate surface area is 151 Å². The first-order chi connectivity index (χ1) is 12.5. The standard InChI is InChI=1S/C20H20N2O4/c1-4-25-20(24)21-15-8-5-13(6-9-15)17-11-14-7-10-16(22(2)3)12-18(14)26-19(17)23/h5-12H,4H2,1-3H3,(H,21,24). The highest BCUT2D eigenvalue weighted by atomic mass is 16.5. The zero-order chi connectivity index (χ0) is 18.7. The summed E-state index contributed by atoms with van der Waals surface area (Å²) in [5, 5.41) is 3.46. The Morgan fingerprint density at radius 2 is 1.85 bits per heavy atom. The number of anilines is 2. The first kappa shape index (κ1) is 17.5. The molecule has 3 rings (SSSR count). The number of benzene rings is 2. The van der Waals surface area contributed by atoms with Crippen molar-refractivity contribution in [3.8, 4) is 11.1 Å². The van der Waals surface area contributed by atoms with Gasteiger partial charge in [0.25, 0.3) is 0 Å². The number of nitrogens with one attached hydrogen (secondary N) is 1. The highest BCUT2D eigenvalue weighted by Crippen LogP contribution is 2.25. The summed E-state index contributed by atoms with van der Waals surface area (Å²) in [6.07, 6.45) is -0.512. The minimum absolute atomic E-state index is 0.303. The molecule has 1 heterocycles. The molecule has 0 aliphatic heterocycles. The van der Waals surface area contributed by atoms with Gasteiger partial charge in [0.2, 0.25) is 0 Å². The van der Waals surface area contributed by atoms with E-state index < -0.39 is 11.7 Å². The topological polar surface area (TPSA) is 71.8 Å². The van der Waals surface area contributed by atoms with E-state index in [-0.39, 0.29) is 0 Å². The van der Waals surface area contributed by atoms with E-state index in [1.54, 1.807) is 31.2 Å². The average Bonchev–Trinajstić information content (AvgIpc) is 2.61. The lowest BCUT2D eigenvalue weighted by Crippen LogP contribution is -2.13. The summed E-state index contributed by atoms with van der Waals surface area (Å²) in [5.41, 5.74) is 2.88. The van der Waals surface area contributed by atoms with E-state index in [0.717, 1.165) is 11.1 Å². The van der Waals surface area contributed by atoms with E-state index >= 15 is 0 Å². The zero-order valence-corrected chi connectivity index (χ0v) is 14.9. The number of nitrogens with zero attached hydrogens (tertiary/aromatic N) is 1. The van der Waals surface area contributed by atoms with Crippen molar-refractivity contribution in [1.82, 2.24) is 0 Å². The number of rotatable bonds is 4. The van der Waals surface area contributed by atoms with Gasteiger partial charge in [-0.05, 0) is 42.8 Å². The van der Waals surface area contributed by atoms with E-state index in [1.165, 1.54) is 0 Å². The molecule has 0 atom stereocenters. The van der Waals surface area contributed by atoms with Gasteiger partial charge in [0, 0.05) is 36.9 Å². The van der Waals surface area contributed by atoms with Gasteiger partial charge in [-0.2, -0.15) is 0 Å². The number of carbonyl (C=O) groups is 1. The molecule has 0 fully saturated rings. The number of carbonyl (C=O) groups excluding carboxylic acids is 1. The van der Waals surface area contributed by atoms with Crippen LogP contribution in [-0.2, 0) is 4.74 Å². The molecule has 0 spiro atoms. The molecule has 6 nitrogen and oxygen atoms in total. The second-order valence-corrected chi connectivity index (χ2v) is 5.99. The summed E-state index contributed by atoms with van der Waals surface area (Å²) in [5.74, 6) is 0. The predicted molar refractivity (Wildman–Crippen MR) is 103 cm³/mol. The summed E-state index contributed by atoms with van der Waals surface area (Å²) in [7, 11) is 3.86. The zero-order valence-electron chi connectivity index (χ0n) is 14.9. The van der Waals surface area contributed by atoms with Crippen molar-refractivity contribution in [3.05, 3.63) is 59.0 Å². The van der Waals surface area contributed by atoms with Crippen LogP contribution >= 0.6 is 0 Å². The Balaban J connectivity index is 1.92. The minimum atomic E-state index is -0.512. The van der Waals surface area contributed by atoms with Crippen LogP contribution in [0, 0.1) is 0 Å². The largest absolute Gasteiger partial charge is 0.450 e. The summed E-state index contributed by atoms with van der Waals surface area (Å²) < 4.78 is 10.3. The minimum Gasteiger partial charge on any atom is -0.450 e. The molecule has 6 heteroatoms. The normalized spacial score (nSPS) is 10.6. The van der Waals surface area contributed by atoms with Crippen LogP contribution in [0.4, 0.5) is 16.2 Å². The van der Waals surface area contributed by atoms with Crippen LogP contribution in [0.1, 0.15) is 6.92 Å². The number of hydrogen-bond acceptors (Lipinski definition) is 5. The highest BCUT2D eigenvalue weighted by molar-refractivity contribution is 5.86. The van der Waals surface area contributed by atoms with Crippen LogP contribution in [0.5, 0.6) is 0 Å². The molecule has 0 unspecified atom stereocenters. The fourth-order valence-electron chi connectivity index (χ4n) is 2.60. The van der Waals surface area contributed by atoms with Crippen molar-refractivity contribution in [2.24, 2.45) is 0 Å². The number of ether oxygens (including phenoxy) is 1. The predicted octanol–water partition coefficient (Wildman–Crippen LogP) is 4.09. The third-order valence-electron chi connectivity index (χ3n) is 3.95. The van der Waals surface area contributed by atoms with Gasteiger partial charge in [-0.3, -0.25) is 5.32 Å².